The van der Waals surface area contributed by atoms with Gasteiger partial charge in [0.25, 0.3) is 0 Å². The summed E-state index contributed by atoms with van der Waals surface area (Å²) in [6.07, 6.45) is 5.42. The van der Waals surface area contributed by atoms with Gasteiger partial charge in [0.1, 0.15) is 0 Å². The SMILES string of the molecule is Oc1ccc2c(c1O)CC[C@@H]1[C@@H]2CCCN1CCc1ccccc1. The Kier molecular flexibility index (Phi) is 4.19. The fourth-order valence-corrected chi connectivity index (χ4v) is 4.61. The van der Waals surface area contributed by atoms with Crippen LogP contribution in [-0.2, 0) is 12.8 Å². The first-order valence-electron chi connectivity index (χ1n) is 9.05. The summed E-state index contributed by atoms with van der Waals surface area (Å²) in [6.45, 7) is 2.28. The summed E-state index contributed by atoms with van der Waals surface area (Å²) in [5.74, 6) is 0.612. The Morgan fingerprint density at radius 3 is 2.67 bits per heavy atom. The first-order valence-corrected chi connectivity index (χ1v) is 9.05. The average molecular weight is 323 g/mol. The number of phenolic OH excluding ortho intramolecular Hbond substituents is 2. The van der Waals surface area contributed by atoms with Crippen molar-refractivity contribution < 1.29 is 10.2 Å². The third kappa shape index (κ3) is 2.78. The molecule has 1 saturated heterocycles. The predicted molar refractivity (Wildman–Crippen MR) is 95.6 cm³/mol. The highest BCUT2D eigenvalue weighted by Crippen LogP contribution is 2.45. The lowest BCUT2D eigenvalue weighted by atomic mass is 9.74. The smallest absolute Gasteiger partial charge is 0.160 e. The molecule has 0 spiro atoms. The summed E-state index contributed by atoms with van der Waals surface area (Å²) in [6, 6.07) is 15.0. The number of hydrogen-bond donors (Lipinski definition) is 2. The molecule has 0 unspecified atom stereocenters. The van der Waals surface area contributed by atoms with E-state index < -0.39 is 0 Å². The molecule has 126 valence electrons. The topological polar surface area (TPSA) is 43.7 Å². The van der Waals surface area contributed by atoms with Crippen LogP contribution in [-0.4, -0.2) is 34.2 Å². The van der Waals surface area contributed by atoms with E-state index >= 15 is 0 Å². The molecule has 0 radical (unpaired) electrons. The van der Waals surface area contributed by atoms with Gasteiger partial charge >= 0.3 is 0 Å². The van der Waals surface area contributed by atoms with E-state index in [9.17, 15) is 10.2 Å². The molecule has 0 aromatic heterocycles. The van der Waals surface area contributed by atoms with Crippen molar-refractivity contribution in [1.82, 2.24) is 4.90 Å². The lowest BCUT2D eigenvalue weighted by molar-refractivity contribution is 0.113. The normalized spacial score (nSPS) is 23.5. The van der Waals surface area contributed by atoms with Gasteiger partial charge in [-0.1, -0.05) is 36.4 Å². The Morgan fingerprint density at radius 2 is 1.83 bits per heavy atom. The maximum absolute atomic E-state index is 10.2. The van der Waals surface area contributed by atoms with E-state index in [4.69, 9.17) is 0 Å². The van der Waals surface area contributed by atoms with Gasteiger partial charge in [-0.3, -0.25) is 4.90 Å². The molecule has 2 aliphatic rings. The molecule has 3 nitrogen and oxygen atoms in total. The molecule has 24 heavy (non-hydrogen) atoms. The van der Waals surface area contributed by atoms with Crippen molar-refractivity contribution in [3.8, 4) is 11.5 Å². The van der Waals surface area contributed by atoms with Gasteiger partial charge in [-0.05, 0) is 61.8 Å². The Morgan fingerprint density at radius 1 is 1.00 bits per heavy atom. The van der Waals surface area contributed by atoms with Gasteiger partial charge in [0.2, 0.25) is 0 Å². The number of benzene rings is 2. The zero-order chi connectivity index (χ0) is 16.5. The van der Waals surface area contributed by atoms with Crippen molar-refractivity contribution in [1.29, 1.82) is 0 Å². The highest BCUT2D eigenvalue weighted by Gasteiger charge is 2.37. The predicted octanol–water partition coefficient (Wildman–Crippen LogP) is 3.83. The van der Waals surface area contributed by atoms with Crippen molar-refractivity contribution >= 4 is 0 Å². The molecule has 4 rings (SSSR count). The Labute approximate surface area is 143 Å². The second-order valence-electron chi connectivity index (χ2n) is 7.13. The molecule has 1 fully saturated rings. The summed E-state index contributed by atoms with van der Waals surface area (Å²) < 4.78 is 0. The van der Waals surface area contributed by atoms with E-state index in [1.807, 2.05) is 6.07 Å². The second-order valence-corrected chi connectivity index (χ2v) is 7.13. The van der Waals surface area contributed by atoms with Crippen LogP contribution in [0, 0.1) is 0 Å². The number of nitrogens with zero attached hydrogens (tertiary/aromatic N) is 1. The van der Waals surface area contributed by atoms with Crippen molar-refractivity contribution in [2.24, 2.45) is 0 Å². The first-order chi connectivity index (χ1) is 11.7. The minimum Gasteiger partial charge on any atom is -0.504 e. The fraction of sp³-hybridized carbons (Fsp3) is 0.429. The summed E-state index contributed by atoms with van der Waals surface area (Å²) in [7, 11) is 0. The number of piperidine rings is 1. The van der Waals surface area contributed by atoms with Gasteiger partial charge in [0, 0.05) is 18.2 Å². The zero-order valence-corrected chi connectivity index (χ0v) is 14.0. The minimum atomic E-state index is 0.0175. The van der Waals surface area contributed by atoms with Crippen LogP contribution in [0.25, 0.3) is 0 Å². The molecule has 2 N–H and O–H groups in total. The lowest BCUT2D eigenvalue weighted by Crippen LogP contribution is -2.47. The van der Waals surface area contributed by atoms with Crippen molar-refractivity contribution in [3.63, 3.8) is 0 Å². The van der Waals surface area contributed by atoms with Crippen LogP contribution in [0.5, 0.6) is 11.5 Å². The monoisotopic (exact) mass is 323 g/mol. The third-order valence-corrected chi connectivity index (χ3v) is 5.81. The van der Waals surface area contributed by atoms with Gasteiger partial charge in [-0.15, -0.1) is 0 Å². The molecule has 3 heteroatoms. The number of fused-ring (bicyclic) bond motifs is 3. The molecule has 2 aromatic rings. The first kappa shape index (κ1) is 15.5. The molecule has 1 heterocycles. The maximum Gasteiger partial charge on any atom is 0.160 e. The summed E-state index contributed by atoms with van der Waals surface area (Å²) in [5, 5.41) is 20.0. The van der Waals surface area contributed by atoms with Gasteiger partial charge in [-0.25, -0.2) is 0 Å². The fourth-order valence-electron chi connectivity index (χ4n) is 4.61. The Hall–Kier alpha value is -2.00. The minimum absolute atomic E-state index is 0.0175. The van der Waals surface area contributed by atoms with Crippen LogP contribution in [0.2, 0.25) is 0 Å². The van der Waals surface area contributed by atoms with Crippen molar-refractivity contribution in [2.45, 2.75) is 44.1 Å². The summed E-state index contributed by atoms with van der Waals surface area (Å²) in [5.41, 5.74) is 3.63. The van der Waals surface area contributed by atoms with Crippen molar-refractivity contribution in [2.75, 3.05) is 13.1 Å². The maximum atomic E-state index is 10.2. The van der Waals surface area contributed by atoms with Crippen LogP contribution in [0.4, 0.5) is 0 Å². The molecule has 2 aromatic carbocycles. The molecule has 0 bridgehead atoms. The lowest BCUT2D eigenvalue weighted by Gasteiger charge is -2.45. The molecule has 1 aliphatic carbocycles. The van der Waals surface area contributed by atoms with E-state index in [0.717, 1.165) is 31.4 Å². The van der Waals surface area contributed by atoms with Crippen LogP contribution >= 0.6 is 0 Å². The number of aromatic hydroxyl groups is 2. The molecule has 2 atom stereocenters. The number of rotatable bonds is 3. The number of phenols is 2. The summed E-state index contributed by atoms with van der Waals surface area (Å²) in [4.78, 5) is 2.65. The molecule has 0 amide bonds. The highest BCUT2D eigenvalue weighted by atomic mass is 16.3. The number of likely N-dealkylation sites (tertiary alicyclic amines) is 1. The van der Waals surface area contributed by atoms with Gasteiger partial charge < -0.3 is 10.2 Å². The Bertz CT molecular complexity index is 713. The molecule has 0 saturated carbocycles. The van der Waals surface area contributed by atoms with E-state index in [0.29, 0.717) is 12.0 Å². The summed E-state index contributed by atoms with van der Waals surface area (Å²) >= 11 is 0. The third-order valence-electron chi connectivity index (χ3n) is 5.81. The van der Waals surface area contributed by atoms with Crippen molar-refractivity contribution in [3.05, 3.63) is 59.2 Å². The van der Waals surface area contributed by atoms with E-state index in [1.165, 1.54) is 30.5 Å². The van der Waals surface area contributed by atoms with Crippen LogP contribution in [0.1, 0.15) is 41.9 Å². The molecular weight excluding hydrogens is 298 g/mol. The average Bonchev–Trinajstić information content (AvgIpc) is 2.63. The van der Waals surface area contributed by atoms with E-state index in [2.05, 4.69) is 35.2 Å². The van der Waals surface area contributed by atoms with Crippen LogP contribution in [0.15, 0.2) is 42.5 Å². The van der Waals surface area contributed by atoms with Crippen LogP contribution < -0.4 is 0 Å². The zero-order valence-electron chi connectivity index (χ0n) is 14.0. The largest absolute Gasteiger partial charge is 0.504 e. The van der Waals surface area contributed by atoms with Crippen LogP contribution in [0.3, 0.4) is 0 Å². The standard InChI is InChI=1S/C21H25NO2/c23-20-11-9-16-17-7-4-13-22(14-12-15-5-2-1-3-6-15)19(17)10-8-18(16)21(20)24/h1-3,5-6,9,11,17,19,23-24H,4,7-8,10,12-14H2/t17-,19-/m1/s1. The van der Waals surface area contributed by atoms with Gasteiger partial charge in [0.15, 0.2) is 11.5 Å². The second kappa shape index (κ2) is 6.48. The van der Waals surface area contributed by atoms with Gasteiger partial charge in [-0.2, -0.15) is 0 Å². The molecular formula is C21H25NO2. The molecule has 1 aliphatic heterocycles. The highest BCUT2D eigenvalue weighted by molar-refractivity contribution is 5.51. The van der Waals surface area contributed by atoms with E-state index in [1.54, 1.807) is 6.07 Å². The van der Waals surface area contributed by atoms with E-state index in [-0.39, 0.29) is 11.5 Å². The number of hydrogen-bond acceptors (Lipinski definition) is 3. The quantitative estimate of drug-likeness (QED) is 0.844. The van der Waals surface area contributed by atoms with Gasteiger partial charge in [0.05, 0.1) is 0 Å². The Balaban J connectivity index is 1.53.